The molecule has 0 aromatic heterocycles. The molecular formula is C17H18O2. The second-order valence-electron chi connectivity index (χ2n) is 4.70. The largest absolute Gasteiger partial charge is 0.462 e. The SMILES string of the molecule is C=C(C)C(=O)OCCCc1ccc2ccccc2c1. The molecule has 0 fully saturated rings. The van der Waals surface area contributed by atoms with Crippen molar-refractivity contribution < 1.29 is 9.53 Å². The monoisotopic (exact) mass is 254 g/mol. The quantitative estimate of drug-likeness (QED) is 0.459. The van der Waals surface area contributed by atoms with E-state index in [0.717, 1.165) is 12.8 Å². The summed E-state index contributed by atoms with van der Waals surface area (Å²) >= 11 is 0. The zero-order valence-corrected chi connectivity index (χ0v) is 11.2. The number of rotatable bonds is 5. The van der Waals surface area contributed by atoms with E-state index in [1.165, 1.54) is 16.3 Å². The van der Waals surface area contributed by atoms with Gasteiger partial charge in [-0.15, -0.1) is 0 Å². The fraction of sp³-hybridized carbons (Fsp3) is 0.235. The number of ether oxygens (including phenoxy) is 1. The Labute approximate surface area is 113 Å². The van der Waals surface area contributed by atoms with Crippen molar-refractivity contribution in [3.63, 3.8) is 0 Å². The first-order valence-electron chi connectivity index (χ1n) is 6.47. The maximum absolute atomic E-state index is 11.2. The van der Waals surface area contributed by atoms with Gasteiger partial charge in [0, 0.05) is 5.57 Å². The second-order valence-corrected chi connectivity index (χ2v) is 4.70. The number of hydrogen-bond donors (Lipinski definition) is 0. The number of aryl methyl sites for hydroxylation is 1. The molecule has 0 saturated carbocycles. The van der Waals surface area contributed by atoms with Crippen LogP contribution in [0.2, 0.25) is 0 Å². The van der Waals surface area contributed by atoms with Gasteiger partial charge in [0.05, 0.1) is 6.61 Å². The lowest BCUT2D eigenvalue weighted by Crippen LogP contribution is -2.06. The topological polar surface area (TPSA) is 26.3 Å². The minimum absolute atomic E-state index is 0.307. The molecule has 2 rings (SSSR count). The standard InChI is InChI=1S/C17H18O2/c1-13(2)17(18)19-11-5-6-14-9-10-15-7-3-4-8-16(15)12-14/h3-4,7-10,12H,1,5-6,11H2,2H3. The Morgan fingerprint density at radius 1 is 1.16 bits per heavy atom. The van der Waals surface area contributed by atoms with Gasteiger partial charge in [0.2, 0.25) is 0 Å². The van der Waals surface area contributed by atoms with Crippen molar-refractivity contribution >= 4 is 16.7 Å². The van der Waals surface area contributed by atoms with E-state index in [1.807, 2.05) is 12.1 Å². The molecule has 0 amide bonds. The van der Waals surface area contributed by atoms with Gasteiger partial charge in [0.25, 0.3) is 0 Å². The first kappa shape index (κ1) is 13.3. The van der Waals surface area contributed by atoms with Crippen molar-refractivity contribution in [2.24, 2.45) is 0 Å². The molecular weight excluding hydrogens is 236 g/mol. The highest BCUT2D eigenvalue weighted by Gasteiger charge is 2.02. The highest BCUT2D eigenvalue weighted by atomic mass is 16.5. The van der Waals surface area contributed by atoms with Crippen LogP contribution in [-0.4, -0.2) is 12.6 Å². The molecule has 2 aromatic carbocycles. The molecule has 19 heavy (non-hydrogen) atoms. The minimum atomic E-state index is -0.307. The van der Waals surface area contributed by atoms with Crippen LogP contribution in [-0.2, 0) is 16.0 Å². The lowest BCUT2D eigenvalue weighted by atomic mass is 10.0. The lowest BCUT2D eigenvalue weighted by molar-refractivity contribution is -0.139. The third kappa shape index (κ3) is 3.68. The average molecular weight is 254 g/mol. The van der Waals surface area contributed by atoms with E-state index in [1.54, 1.807) is 6.92 Å². The van der Waals surface area contributed by atoms with Crippen molar-refractivity contribution in [2.45, 2.75) is 19.8 Å². The highest BCUT2D eigenvalue weighted by molar-refractivity contribution is 5.86. The molecule has 0 radical (unpaired) electrons. The normalized spacial score (nSPS) is 10.4. The van der Waals surface area contributed by atoms with Crippen LogP contribution in [0.5, 0.6) is 0 Å². The third-order valence-corrected chi connectivity index (χ3v) is 3.01. The predicted octanol–water partition coefficient (Wildman–Crippen LogP) is 3.89. The molecule has 0 unspecified atom stereocenters. The zero-order chi connectivity index (χ0) is 13.7. The number of carbonyl (C=O) groups excluding carboxylic acids is 1. The Balaban J connectivity index is 1.88. The summed E-state index contributed by atoms with van der Waals surface area (Å²) < 4.78 is 5.07. The Kier molecular flexibility index (Phi) is 4.35. The maximum Gasteiger partial charge on any atom is 0.333 e. The molecule has 0 aliphatic heterocycles. The van der Waals surface area contributed by atoms with Crippen LogP contribution >= 0.6 is 0 Å². The van der Waals surface area contributed by atoms with Gasteiger partial charge in [0.15, 0.2) is 0 Å². The maximum atomic E-state index is 11.2. The van der Waals surface area contributed by atoms with E-state index >= 15 is 0 Å². The molecule has 2 aromatic rings. The van der Waals surface area contributed by atoms with Gasteiger partial charge in [-0.2, -0.15) is 0 Å². The Hall–Kier alpha value is -2.09. The molecule has 0 N–H and O–H groups in total. The van der Waals surface area contributed by atoms with Crippen molar-refractivity contribution in [2.75, 3.05) is 6.61 Å². The summed E-state index contributed by atoms with van der Waals surface area (Å²) in [5.74, 6) is -0.307. The molecule has 2 heteroatoms. The first-order chi connectivity index (χ1) is 9.16. The van der Waals surface area contributed by atoms with Gasteiger partial charge < -0.3 is 4.74 Å². The van der Waals surface area contributed by atoms with Crippen molar-refractivity contribution in [3.8, 4) is 0 Å². The summed E-state index contributed by atoms with van der Waals surface area (Å²) in [7, 11) is 0. The van der Waals surface area contributed by atoms with Gasteiger partial charge in [-0.25, -0.2) is 4.79 Å². The molecule has 0 heterocycles. The number of fused-ring (bicyclic) bond motifs is 1. The van der Waals surface area contributed by atoms with Crippen LogP contribution in [0.3, 0.4) is 0 Å². The predicted molar refractivity (Wildman–Crippen MR) is 78.0 cm³/mol. The lowest BCUT2D eigenvalue weighted by Gasteiger charge is -2.05. The van der Waals surface area contributed by atoms with E-state index in [4.69, 9.17) is 4.74 Å². The molecule has 0 aliphatic carbocycles. The first-order valence-corrected chi connectivity index (χ1v) is 6.47. The van der Waals surface area contributed by atoms with Crippen LogP contribution in [0.4, 0.5) is 0 Å². The Bertz CT molecular complexity index is 599. The molecule has 0 spiro atoms. The minimum Gasteiger partial charge on any atom is -0.462 e. The molecule has 0 saturated heterocycles. The van der Waals surface area contributed by atoms with Crippen LogP contribution in [0.1, 0.15) is 18.9 Å². The molecule has 0 aliphatic rings. The fourth-order valence-electron chi connectivity index (χ4n) is 1.96. The number of carbonyl (C=O) groups is 1. The van der Waals surface area contributed by atoms with Gasteiger partial charge in [-0.05, 0) is 36.1 Å². The second kappa shape index (κ2) is 6.19. The van der Waals surface area contributed by atoms with Crippen LogP contribution < -0.4 is 0 Å². The summed E-state index contributed by atoms with van der Waals surface area (Å²) in [6.45, 7) is 5.65. The average Bonchev–Trinajstić information content (AvgIpc) is 2.43. The van der Waals surface area contributed by atoms with Crippen LogP contribution in [0.15, 0.2) is 54.6 Å². The Morgan fingerprint density at radius 2 is 1.89 bits per heavy atom. The van der Waals surface area contributed by atoms with Gasteiger partial charge in [0.1, 0.15) is 0 Å². The van der Waals surface area contributed by atoms with E-state index in [-0.39, 0.29) is 5.97 Å². The smallest absolute Gasteiger partial charge is 0.333 e. The molecule has 2 nitrogen and oxygen atoms in total. The van der Waals surface area contributed by atoms with Gasteiger partial charge in [-0.1, -0.05) is 49.0 Å². The Morgan fingerprint density at radius 3 is 2.63 bits per heavy atom. The van der Waals surface area contributed by atoms with Crippen LogP contribution in [0, 0.1) is 0 Å². The van der Waals surface area contributed by atoms with Gasteiger partial charge >= 0.3 is 5.97 Å². The number of hydrogen-bond acceptors (Lipinski definition) is 2. The fourth-order valence-corrected chi connectivity index (χ4v) is 1.96. The zero-order valence-electron chi connectivity index (χ0n) is 11.2. The molecule has 0 atom stereocenters. The van der Waals surface area contributed by atoms with Crippen LogP contribution in [0.25, 0.3) is 10.8 Å². The summed E-state index contributed by atoms with van der Waals surface area (Å²) in [4.78, 5) is 11.2. The van der Waals surface area contributed by atoms with E-state index in [2.05, 4.69) is 36.9 Å². The molecule has 0 bridgehead atoms. The summed E-state index contributed by atoms with van der Waals surface area (Å²) in [5.41, 5.74) is 1.72. The van der Waals surface area contributed by atoms with E-state index in [9.17, 15) is 4.79 Å². The highest BCUT2D eigenvalue weighted by Crippen LogP contribution is 2.16. The summed E-state index contributed by atoms with van der Waals surface area (Å²) in [5, 5.41) is 2.50. The molecule has 98 valence electrons. The summed E-state index contributed by atoms with van der Waals surface area (Å²) in [6, 6.07) is 14.7. The third-order valence-electron chi connectivity index (χ3n) is 3.01. The van der Waals surface area contributed by atoms with E-state index in [0.29, 0.717) is 12.2 Å². The van der Waals surface area contributed by atoms with Crippen molar-refractivity contribution in [3.05, 3.63) is 60.2 Å². The number of esters is 1. The van der Waals surface area contributed by atoms with Gasteiger partial charge in [-0.3, -0.25) is 0 Å². The summed E-state index contributed by atoms with van der Waals surface area (Å²) in [6.07, 6.45) is 1.74. The van der Waals surface area contributed by atoms with Crippen molar-refractivity contribution in [1.82, 2.24) is 0 Å². The van der Waals surface area contributed by atoms with Crippen molar-refractivity contribution in [1.29, 1.82) is 0 Å². The van der Waals surface area contributed by atoms with E-state index < -0.39 is 0 Å². The number of benzene rings is 2.